The normalized spacial score (nSPS) is 16.3. The zero-order valence-electron chi connectivity index (χ0n) is 11.7. The molecule has 2 aromatic rings. The number of nitrogens with one attached hydrogen (secondary N) is 1. The number of rotatable bonds is 4. The Morgan fingerprint density at radius 2 is 2.30 bits per heavy atom. The van der Waals surface area contributed by atoms with E-state index in [1.165, 1.54) is 0 Å². The molecular formula is C14H18N4OS. The highest BCUT2D eigenvalue weighted by atomic mass is 32.1. The summed E-state index contributed by atoms with van der Waals surface area (Å²) in [5.41, 5.74) is 0.639. The van der Waals surface area contributed by atoms with Crippen molar-refractivity contribution in [2.45, 2.75) is 45.2 Å². The molecule has 0 spiro atoms. The Bertz CT molecular complexity index is 738. The summed E-state index contributed by atoms with van der Waals surface area (Å²) in [6.45, 7) is 4.17. The van der Waals surface area contributed by atoms with Crippen LogP contribution in [0, 0.1) is 4.77 Å². The Kier molecular flexibility index (Phi) is 3.33. The molecule has 6 heteroatoms. The molecule has 1 fully saturated rings. The van der Waals surface area contributed by atoms with Gasteiger partial charge in [0.15, 0.2) is 10.6 Å². The van der Waals surface area contributed by atoms with Gasteiger partial charge in [0.05, 0.1) is 5.56 Å². The Morgan fingerprint density at radius 1 is 1.55 bits per heavy atom. The van der Waals surface area contributed by atoms with Gasteiger partial charge >= 0.3 is 0 Å². The minimum absolute atomic E-state index is 0.0218. The van der Waals surface area contributed by atoms with Crippen LogP contribution in [0.5, 0.6) is 0 Å². The zero-order valence-corrected chi connectivity index (χ0v) is 12.5. The molecule has 0 aliphatic heterocycles. The number of hydrogen-bond acceptors (Lipinski definition) is 3. The van der Waals surface area contributed by atoms with E-state index in [1.54, 1.807) is 0 Å². The molecule has 0 saturated heterocycles. The van der Waals surface area contributed by atoms with E-state index in [0.29, 0.717) is 22.2 Å². The van der Waals surface area contributed by atoms with Crippen LogP contribution in [0.15, 0.2) is 23.1 Å². The minimum atomic E-state index is 0.0218. The van der Waals surface area contributed by atoms with E-state index < -0.39 is 0 Å². The Hall–Kier alpha value is -1.69. The second-order valence-corrected chi connectivity index (χ2v) is 5.73. The van der Waals surface area contributed by atoms with Crippen LogP contribution in [-0.2, 0) is 0 Å². The summed E-state index contributed by atoms with van der Waals surface area (Å²) >= 11 is 5.29. The van der Waals surface area contributed by atoms with Gasteiger partial charge in [-0.05, 0) is 50.5 Å². The van der Waals surface area contributed by atoms with Crippen LogP contribution in [-0.4, -0.2) is 19.3 Å². The highest BCUT2D eigenvalue weighted by Gasteiger charge is 2.26. The average Bonchev–Trinajstić information content (AvgIpc) is 3.21. The average molecular weight is 290 g/mol. The molecule has 0 amide bonds. The second-order valence-electron chi connectivity index (χ2n) is 5.35. The largest absolute Gasteiger partial charge is 0.312 e. The maximum Gasteiger partial charge on any atom is 0.261 e. The fourth-order valence-corrected chi connectivity index (χ4v) is 2.72. The summed E-state index contributed by atoms with van der Waals surface area (Å²) in [5.74, 6) is 0.643. The number of hydrogen-bond donors (Lipinski definition) is 1. The van der Waals surface area contributed by atoms with Gasteiger partial charge in [0.2, 0.25) is 0 Å². The number of pyridine rings is 1. The summed E-state index contributed by atoms with van der Waals surface area (Å²) < 4.78 is 4.31. The molecule has 1 aliphatic rings. The molecular weight excluding hydrogens is 272 g/mol. The lowest BCUT2D eigenvalue weighted by Gasteiger charge is -2.13. The Labute approximate surface area is 122 Å². The summed E-state index contributed by atoms with van der Waals surface area (Å²) in [5, 5.41) is 7.08. The van der Waals surface area contributed by atoms with E-state index in [9.17, 15) is 4.79 Å². The molecule has 0 radical (unpaired) electrons. The number of aromatic nitrogens is 4. The Balaban J connectivity index is 2.17. The lowest BCUT2D eigenvalue weighted by Crippen LogP contribution is -2.21. The summed E-state index contributed by atoms with van der Waals surface area (Å²) in [6, 6.07) is 4.31. The van der Waals surface area contributed by atoms with Gasteiger partial charge in [-0.3, -0.25) is 14.5 Å². The summed E-state index contributed by atoms with van der Waals surface area (Å²) in [4.78, 5) is 12.6. The van der Waals surface area contributed by atoms with E-state index in [2.05, 4.69) is 24.0 Å². The highest BCUT2D eigenvalue weighted by Crippen LogP contribution is 2.33. The van der Waals surface area contributed by atoms with Crippen LogP contribution in [0.1, 0.15) is 45.2 Å². The first-order valence-corrected chi connectivity index (χ1v) is 7.42. The number of H-pyrrole nitrogens is 1. The van der Waals surface area contributed by atoms with Gasteiger partial charge in [0, 0.05) is 18.3 Å². The lowest BCUT2D eigenvalue weighted by molar-refractivity contribution is 0.528. The van der Waals surface area contributed by atoms with Crippen molar-refractivity contribution in [3.63, 3.8) is 0 Å². The van der Waals surface area contributed by atoms with Gasteiger partial charge in [-0.1, -0.05) is 6.92 Å². The van der Waals surface area contributed by atoms with Crippen molar-refractivity contribution in [2.75, 3.05) is 0 Å². The Morgan fingerprint density at radius 3 is 2.95 bits per heavy atom. The molecule has 0 bridgehead atoms. The van der Waals surface area contributed by atoms with Crippen molar-refractivity contribution < 1.29 is 0 Å². The predicted molar refractivity (Wildman–Crippen MR) is 80.4 cm³/mol. The molecule has 0 aromatic carbocycles. The zero-order chi connectivity index (χ0) is 14.3. The molecule has 2 aromatic heterocycles. The highest BCUT2D eigenvalue weighted by molar-refractivity contribution is 7.71. The third-order valence-electron chi connectivity index (χ3n) is 3.89. The maximum absolute atomic E-state index is 12.6. The molecule has 2 heterocycles. The van der Waals surface area contributed by atoms with E-state index in [1.807, 2.05) is 27.5 Å². The van der Waals surface area contributed by atoms with Gasteiger partial charge in [0.1, 0.15) is 0 Å². The minimum Gasteiger partial charge on any atom is -0.312 e. The molecule has 1 saturated carbocycles. The molecule has 3 rings (SSSR count). The number of nitrogens with zero attached hydrogens (tertiary/aromatic N) is 3. The van der Waals surface area contributed by atoms with Crippen LogP contribution in [0.2, 0.25) is 0 Å². The van der Waals surface area contributed by atoms with Gasteiger partial charge in [0.25, 0.3) is 5.56 Å². The van der Waals surface area contributed by atoms with Gasteiger partial charge < -0.3 is 4.57 Å². The SMILES string of the molecule is CCC(C)n1c(-c2cccn(C3CC3)c2=O)n[nH]c1=S. The lowest BCUT2D eigenvalue weighted by atomic mass is 10.2. The first-order valence-electron chi connectivity index (χ1n) is 7.02. The van der Waals surface area contributed by atoms with Gasteiger partial charge in [-0.15, -0.1) is 0 Å². The van der Waals surface area contributed by atoms with Crippen molar-refractivity contribution in [1.82, 2.24) is 19.3 Å². The molecule has 20 heavy (non-hydrogen) atoms. The molecule has 5 nitrogen and oxygen atoms in total. The smallest absolute Gasteiger partial charge is 0.261 e. The molecule has 1 unspecified atom stereocenters. The van der Waals surface area contributed by atoms with Crippen molar-refractivity contribution in [2.24, 2.45) is 0 Å². The monoisotopic (exact) mass is 290 g/mol. The van der Waals surface area contributed by atoms with Crippen molar-refractivity contribution in [3.8, 4) is 11.4 Å². The van der Waals surface area contributed by atoms with Crippen molar-refractivity contribution >= 4 is 12.2 Å². The maximum atomic E-state index is 12.6. The standard InChI is InChI=1S/C14H18N4OS/c1-3-9(2)18-12(15-16-14(18)20)11-5-4-8-17(13(11)19)10-6-7-10/h4-5,8-10H,3,6-7H2,1-2H3,(H,16,20). The fourth-order valence-electron chi connectivity index (χ4n) is 2.41. The fraction of sp³-hybridized carbons (Fsp3) is 0.500. The molecule has 1 N–H and O–H groups in total. The second kappa shape index (κ2) is 5.01. The van der Waals surface area contributed by atoms with E-state index in [-0.39, 0.29) is 11.6 Å². The first-order chi connectivity index (χ1) is 9.63. The van der Waals surface area contributed by atoms with Crippen LogP contribution in [0.3, 0.4) is 0 Å². The third-order valence-corrected chi connectivity index (χ3v) is 4.18. The van der Waals surface area contributed by atoms with Gasteiger partial charge in [-0.25, -0.2) is 0 Å². The van der Waals surface area contributed by atoms with E-state index >= 15 is 0 Å². The molecule has 106 valence electrons. The van der Waals surface area contributed by atoms with E-state index in [0.717, 1.165) is 19.3 Å². The topological polar surface area (TPSA) is 55.6 Å². The molecule has 1 atom stereocenters. The number of aromatic amines is 1. The van der Waals surface area contributed by atoms with Crippen LogP contribution in [0.25, 0.3) is 11.4 Å². The quantitative estimate of drug-likeness (QED) is 0.880. The van der Waals surface area contributed by atoms with Crippen LogP contribution < -0.4 is 5.56 Å². The summed E-state index contributed by atoms with van der Waals surface area (Å²) in [7, 11) is 0. The predicted octanol–water partition coefficient (Wildman–Crippen LogP) is 3.08. The van der Waals surface area contributed by atoms with Crippen molar-refractivity contribution in [3.05, 3.63) is 33.5 Å². The van der Waals surface area contributed by atoms with Crippen LogP contribution >= 0.6 is 12.2 Å². The first kappa shape index (κ1) is 13.3. The van der Waals surface area contributed by atoms with Crippen molar-refractivity contribution in [1.29, 1.82) is 0 Å². The summed E-state index contributed by atoms with van der Waals surface area (Å²) in [6.07, 6.45) is 4.96. The van der Waals surface area contributed by atoms with Crippen LogP contribution in [0.4, 0.5) is 0 Å². The van der Waals surface area contributed by atoms with Gasteiger partial charge in [-0.2, -0.15) is 5.10 Å². The van der Waals surface area contributed by atoms with E-state index in [4.69, 9.17) is 12.2 Å². The third kappa shape index (κ3) is 2.14. The molecule has 1 aliphatic carbocycles.